The molecule has 5 nitrogen and oxygen atoms in total. The number of carboxylic acids is 1. The Bertz CT molecular complexity index is 313. The molecule has 0 saturated heterocycles. The summed E-state index contributed by atoms with van der Waals surface area (Å²) in [6.45, 7) is 1.65. The van der Waals surface area contributed by atoms with Gasteiger partial charge < -0.3 is 14.6 Å². The van der Waals surface area contributed by atoms with Gasteiger partial charge in [0, 0.05) is 18.9 Å². The lowest BCUT2D eigenvalue weighted by atomic mass is 10.4. The zero-order valence-corrected chi connectivity index (χ0v) is 9.25. The van der Waals surface area contributed by atoms with Gasteiger partial charge in [-0.15, -0.1) is 11.3 Å². The van der Waals surface area contributed by atoms with Gasteiger partial charge in [0.25, 0.3) is 0 Å². The van der Waals surface area contributed by atoms with Crippen molar-refractivity contribution < 1.29 is 19.4 Å². The van der Waals surface area contributed by atoms with E-state index in [1.54, 1.807) is 7.11 Å². The minimum absolute atomic E-state index is 0.104. The number of nitrogens with zero attached hydrogens (tertiary/aromatic N) is 1. The number of aromatic carboxylic acids is 1. The van der Waals surface area contributed by atoms with Gasteiger partial charge in [0.1, 0.15) is 0 Å². The highest BCUT2D eigenvalue weighted by Gasteiger charge is 2.07. The predicted octanol–water partition coefficient (Wildman–Crippen LogP) is 1.05. The first-order valence-corrected chi connectivity index (χ1v) is 5.36. The Hall–Kier alpha value is -0.980. The second-order valence-electron chi connectivity index (χ2n) is 2.79. The van der Waals surface area contributed by atoms with Crippen LogP contribution in [0.3, 0.4) is 0 Å². The van der Waals surface area contributed by atoms with Crippen molar-refractivity contribution in [2.45, 2.75) is 6.42 Å². The number of rotatable bonds is 7. The molecule has 0 aliphatic rings. The van der Waals surface area contributed by atoms with Crippen molar-refractivity contribution in [2.24, 2.45) is 0 Å². The molecule has 1 heterocycles. The van der Waals surface area contributed by atoms with Crippen molar-refractivity contribution in [1.82, 2.24) is 4.98 Å². The van der Waals surface area contributed by atoms with Gasteiger partial charge in [0.15, 0.2) is 5.69 Å². The van der Waals surface area contributed by atoms with Gasteiger partial charge in [0.05, 0.1) is 24.8 Å². The molecule has 15 heavy (non-hydrogen) atoms. The Morgan fingerprint density at radius 2 is 2.33 bits per heavy atom. The van der Waals surface area contributed by atoms with Gasteiger partial charge in [-0.1, -0.05) is 0 Å². The van der Waals surface area contributed by atoms with Crippen molar-refractivity contribution in [2.75, 3.05) is 26.9 Å². The molecular formula is C9H13NO4S. The lowest BCUT2D eigenvalue weighted by Crippen LogP contribution is -2.05. The Balaban J connectivity index is 2.23. The molecule has 0 amide bonds. The lowest BCUT2D eigenvalue weighted by Gasteiger charge is -2.00. The highest BCUT2D eigenvalue weighted by Crippen LogP contribution is 2.10. The van der Waals surface area contributed by atoms with E-state index in [0.717, 1.165) is 5.01 Å². The third-order valence-corrected chi connectivity index (χ3v) is 2.57. The van der Waals surface area contributed by atoms with Gasteiger partial charge in [0.2, 0.25) is 0 Å². The summed E-state index contributed by atoms with van der Waals surface area (Å²) >= 11 is 1.34. The molecule has 0 bridgehead atoms. The summed E-state index contributed by atoms with van der Waals surface area (Å²) < 4.78 is 10.1. The predicted molar refractivity (Wildman–Crippen MR) is 55.5 cm³/mol. The second kappa shape index (κ2) is 6.49. The Labute approximate surface area is 91.7 Å². The van der Waals surface area contributed by atoms with E-state index in [1.165, 1.54) is 16.7 Å². The smallest absolute Gasteiger partial charge is 0.355 e. The zero-order chi connectivity index (χ0) is 11.1. The van der Waals surface area contributed by atoms with E-state index in [2.05, 4.69) is 4.98 Å². The molecule has 0 radical (unpaired) electrons. The van der Waals surface area contributed by atoms with E-state index in [1.807, 2.05) is 0 Å². The second-order valence-corrected chi connectivity index (χ2v) is 3.73. The van der Waals surface area contributed by atoms with Gasteiger partial charge in [-0.2, -0.15) is 0 Å². The van der Waals surface area contributed by atoms with E-state index in [9.17, 15) is 4.79 Å². The highest BCUT2D eigenvalue weighted by atomic mass is 32.1. The van der Waals surface area contributed by atoms with E-state index in [4.69, 9.17) is 14.6 Å². The molecule has 0 unspecified atom stereocenters. The van der Waals surface area contributed by atoms with Gasteiger partial charge in [-0.05, 0) is 0 Å². The molecule has 0 saturated carbocycles. The molecule has 84 valence electrons. The molecule has 1 N–H and O–H groups in total. The Kier molecular flexibility index (Phi) is 5.23. The monoisotopic (exact) mass is 231 g/mol. The fourth-order valence-electron chi connectivity index (χ4n) is 0.928. The topological polar surface area (TPSA) is 68.7 Å². The third-order valence-electron chi connectivity index (χ3n) is 1.66. The maximum Gasteiger partial charge on any atom is 0.355 e. The molecule has 1 aromatic heterocycles. The van der Waals surface area contributed by atoms with Crippen LogP contribution in [0.2, 0.25) is 0 Å². The van der Waals surface area contributed by atoms with E-state index >= 15 is 0 Å². The summed E-state index contributed by atoms with van der Waals surface area (Å²) in [5.41, 5.74) is 0.104. The zero-order valence-electron chi connectivity index (χ0n) is 8.43. The quantitative estimate of drug-likeness (QED) is 0.710. The number of carbonyl (C=O) groups is 1. The number of carboxylic acid groups (broad SMARTS) is 1. The summed E-state index contributed by atoms with van der Waals surface area (Å²) in [4.78, 5) is 14.5. The average Bonchev–Trinajstić information content (AvgIpc) is 2.66. The number of ether oxygens (including phenoxy) is 2. The van der Waals surface area contributed by atoms with Crippen LogP contribution in [-0.2, 0) is 15.9 Å². The maximum absolute atomic E-state index is 10.5. The molecule has 0 aliphatic carbocycles. The minimum Gasteiger partial charge on any atom is -0.476 e. The Morgan fingerprint density at radius 1 is 1.53 bits per heavy atom. The highest BCUT2D eigenvalue weighted by molar-refractivity contribution is 7.09. The van der Waals surface area contributed by atoms with Crippen LogP contribution in [0.1, 0.15) is 15.5 Å². The lowest BCUT2D eigenvalue weighted by molar-refractivity contribution is 0.0688. The van der Waals surface area contributed by atoms with Crippen LogP contribution < -0.4 is 0 Å². The van der Waals surface area contributed by atoms with Crippen molar-refractivity contribution >= 4 is 17.3 Å². The standard InChI is InChI=1S/C9H13NO4S/c1-13-4-5-14-3-2-8-10-7(6-15-8)9(11)12/h6H,2-5H2,1H3,(H,11,12). The molecule has 0 atom stereocenters. The molecule has 0 aliphatic heterocycles. The van der Waals surface area contributed by atoms with E-state index in [-0.39, 0.29) is 5.69 Å². The van der Waals surface area contributed by atoms with Gasteiger partial charge in [-0.3, -0.25) is 0 Å². The average molecular weight is 231 g/mol. The molecule has 0 spiro atoms. The number of methoxy groups -OCH3 is 1. The molecule has 1 rings (SSSR count). The molecule has 6 heteroatoms. The van der Waals surface area contributed by atoms with Crippen LogP contribution in [-0.4, -0.2) is 43.0 Å². The SMILES string of the molecule is COCCOCCc1nc(C(=O)O)cs1. The minimum atomic E-state index is -0.988. The van der Waals surface area contributed by atoms with E-state index < -0.39 is 5.97 Å². The van der Waals surface area contributed by atoms with Crippen LogP contribution >= 0.6 is 11.3 Å². The van der Waals surface area contributed by atoms with E-state index in [0.29, 0.717) is 26.2 Å². The largest absolute Gasteiger partial charge is 0.476 e. The first-order chi connectivity index (χ1) is 7.24. The number of hydrogen-bond acceptors (Lipinski definition) is 5. The van der Waals surface area contributed by atoms with Crippen LogP contribution in [0.25, 0.3) is 0 Å². The first kappa shape index (κ1) is 12.1. The summed E-state index contributed by atoms with van der Waals surface area (Å²) in [5.74, 6) is -0.988. The van der Waals surface area contributed by atoms with Crippen LogP contribution in [0.5, 0.6) is 0 Å². The number of thiazole rings is 1. The summed E-state index contributed by atoms with van der Waals surface area (Å²) in [6.07, 6.45) is 0.641. The molecular weight excluding hydrogens is 218 g/mol. The third kappa shape index (κ3) is 4.37. The fraction of sp³-hybridized carbons (Fsp3) is 0.556. The van der Waals surface area contributed by atoms with Crippen LogP contribution in [0.15, 0.2) is 5.38 Å². The van der Waals surface area contributed by atoms with Crippen molar-refractivity contribution in [3.63, 3.8) is 0 Å². The number of aromatic nitrogens is 1. The van der Waals surface area contributed by atoms with Gasteiger partial charge >= 0.3 is 5.97 Å². The van der Waals surface area contributed by atoms with Crippen molar-refractivity contribution in [3.8, 4) is 0 Å². The summed E-state index contributed by atoms with van der Waals surface area (Å²) in [5, 5.41) is 11.0. The number of hydrogen-bond donors (Lipinski definition) is 1. The molecule has 0 aromatic carbocycles. The summed E-state index contributed by atoms with van der Waals surface area (Å²) in [6, 6.07) is 0. The van der Waals surface area contributed by atoms with Crippen molar-refractivity contribution in [1.29, 1.82) is 0 Å². The van der Waals surface area contributed by atoms with Crippen LogP contribution in [0.4, 0.5) is 0 Å². The Morgan fingerprint density at radius 3 is 2.93 bits per heavy atom. The summed E-state index contributed by atoms with van der Waals surface area (Å²) in [7, 11) is 1.61. The van der Waals surface area contributed by atoms with Gasteiger partial charge in [-0.25, -0.2) is 9.78 Å². The maximum atomic E-state index is 10.5. The molecule has 0 fully saturated rings. The first-order valence-electron chi connectivity index (χ1n) is 4.48. The molecule has 1 aromatic rings. The van der Waals surface area contributed by atoms with Crippen LogP contribution in [0, 0.1) is 0 Å². The fourth-order valence-corrected chi connectivity index (χ4v) is 1.68. The van der Waals surface area contributed by atoms with Crippen molar-refractivity contribution in [3.05, 3.63) is 16.1 Å². The normalized spacial score (nSPS) is 10.5.